The van der Waals surface area contributed by atoms with Crippen molar-refractivity contribution in [1.82, 2.24) is 0 Å². The number of hydrogen-bond acceptors (Lipinski definition) is 3. The zero-order valence-electron chi connectivity index (χ0n) is 21.5. The Morgan fingerprint density at radius 3 is 2.42 bits per heavy atom. The lowest BCUT2D eigenvalue weighted by molar-refractivity contribution is -0.0150. The minimum absolute atomic E-state index is 0.183. The van der Waals surface area contributed by atoms with Gasteiger partial charge in [-0.3, -0.25) is 0 Å². The first-order valence-electron chi connectivity index (χ1n) is 13.8. The molecule has 4 saturated carbocycles. The van der Waals surface area contributed by atoms with Gasteiger partial charge >= 0.3 is 0 Å². The van der Waals surface area contributed by atoms with E-state index in [0.717, 1.165) is 17.4 Å². The van der Waals surface area contributed by atoms with Crippen LogP contribution in [0.1, 0.15) is 104 Å². The van der Waals surface area contributed by atoms with Gasteiger partial charge in [0.05, 0.1) is 17.8 Å². The fourth-order valence-corrected chi connectivity index (χ4v) is 8.16. The summed E-state index contributed by atoms with van der Waals surface area (Å²) >= 11 is 0. The molecule has 2 unspecified atom stereocenters. The molecule has 0 aliphatic heterocycles. The monoisotopic (exact) mass is 456 g/mol. The van der Waals surface area contributed by atoms with Crippen LogP contribution in [0.15, 0.2) is 35.5 Å². The molecule has 4 rings (SSSR count). The van der Waals surface area contributed by atoms with E-state index >= 15 is 0 Å². The van der Waals surface area contributed by atoms with Crippen molar-refractivity contribution in [3.8, 4) is 0 Å². The van der Waals surface area contributed by atoms with Crippen molar-refractivity contribution in [2.24, 2.45) is 23.2 Å². The standard InChI is InChI=1S/C30H48O3/c1-21(9-7-18-30(33-4)16-5-6-17-30)25-13-14-26-24(10-8-15-29(25,26)3)12-11-23-19-27(31)22(2)28(32)20-23/h11-12,21,25-28,31-32H,2,5-10,13-20H2,1,3-4H3/t21-,25?,26?,27+,28+,29+/m0/s1. The van der Waals surface area contributed by atoms with Crippen molar-refractivity contribution in [2.75, 3.05) is 7.11 Å². The number of ether oxygens (including phenoxy) is 1. The molecule has 4 aliphatic rings. The number of fused-ring (bicyclic) bond motifs is 1. The van der Waals surface area contributed by atoms with Crippen LogP contribution in [0.2, 0.25) is 0 Å². The summed E-state index contributed by atoms with van der Waals surface area (Å²) in [5, 5.41) is 20.4. The van der Waals surface area contributed by atoms with Crippen molar-refractivity contribution in [3.05, 3.63) is 35.5 Å². The molecular weight excluding hydrogens is 408 g/mol. The number of methoxy groups -OCH3 is 1. The van der Waals surface area contributed by atoms with E-state index in [9.17, 15) is 10.2 Å². The molecule has 0 aromatic heterocycles. The SMILES string of the molecule is C=C1[C@H](O)CC(=CC=C2CCC[C@@]3(C)C2CCC3[C@@H](C)CCCC2(OC)CCCC2)C[C@H]1O. The fourth-order valence-electron chi connectivity index (χ4n) is 8.16. The minimum atomic E-state index is -0.604. The Bertz CT molecular complexity index is 743. The van der Waals surface area contributed by atoms with Gasteiger partial charge in [-0.15, -0.1) is 0 Å². The van der Waals surface area contributed by atoms with Crippen LogP contribution in [-0.2, 0) is 4.74 Å². The molecule has 6 atom stereocenters. The number of hydrogen-bond donors (Lipinski definition) is 2. The molecule has 3 nitrogen and oxygen atoms in total. The zero-order chi connectivity index (χ0) is 23.6. The van der Waals surface area contributed by atoms with Gasteiger partial charge in [-0.1, -0.05) is 69.4 Å². The fraction of sp³-hybridized carbons (Fsp3) is 0.800. The van der Waals surface area contributed by atoms with Gasteiger partial charge in [-0.05, 0) is 93.0 Å². The number of aliphatic hydroxyl groups excluding tert-OH is 2. The van der Waals surface area contributed by atoms with E-state index in [2.05, 4.69) is 32.6 Å². The Balaban J connectivity index is 1.38. The summed E-state index contributed by atoms with van der Waals surface area (Å²) in [4.78, 5) is 0. The van der Waals surface area contributed by atoms with Crippen LogP contribution >= 0.6 is 0 Å². The van der Waals surface area contributed by atoms with E-state index in [4.69, 9.17) is 4.74 Å². The van der Waals surface area contributed by atoms with E-state index in [1.165, 1.54) is 77.0 Å². The third kappa shape index (κ3) is 5.21. The lowest BCUT2D eigenvalue weighted by Gasteiger charge is -2.44. The molecule has 2 N–H and O–H groups in total. The minimum Gasteiger partial charge on any atom is -0.388 e. The maximum absolute atomic E-state index is 10.2. The molecule has 0 spiro atoms. The number of allylic oxidation sites excluding steroid dienone is 3. The molecule has 0 aromatic rings. The highest BCUT2D eigenvalue weighted by Gasteiger charge is 2.50. The summed E-state index contributed by atoms with van der Waals surface area (Å²) in [5.74, 6) is 2.30. The molecule has 0 heterocycles. The predicted molar refractivity (Wildman–Crippen MR) is 136 cm³/mol. The van der Waals surface area contributed by atoms with Crippen LogP contribution in [0.5, 0.6) is 0 Å². The van der Waals surface area contributed by atoms with Crippen LogP contribution in [-0.4, -0.2) is 35.1 Å². The predicted octanol–water partition coefficient (Wildman–Crippen LogP) is 6.89. The molecule has 0 amide bonds. The van der Waals surface area contributed by atoms with E-state index in [1.54, 1.807) is 5.57 Å². The molecule has 3 heteroatoms. The number of rotatable bonds is 7. The first-order valence-corrected chi connectivity index (χ1v) is 13.8. The summed E-state index contributed by atoms with van der Waals surface area (Å²) in [5.41, 5.74) is 3.95. The molecule has 0 saturated heterocycles. The maximum Gasteiger partial charge on any atom is 0.0809 e. The van der Waals surface area contributed by atoms with Crippen molar-refractivity contribution < 1.29 is 14.9 Å². The van der Waals surface area contributed by atoms with Gasteiger partial charge in [-0.2, -0.15) is 0 Å². The zero-order valence-corrected chi connectivity index (χ0v) is 21.5. The first-order chi connectivity index (χ1) is 15.8. The third-order valence-electron chi connectivity index (χ3n) is 10.3. The van der Waals surface area contributed by atoms with Crippen LogP contribution in [0.25, 0.3) is 0 Å². The van der Waals surface area contributed by atoms with Gasteiger partial charge in [0.1, 0.15) is 0 Å². The molecule has 0 aromatic carbocycles. The van der Waals surface area contributed by atoms with Crippen LogP contribution in [0.3, 0.4) is 0 Å². The van der Waals surface area contributed by atoms with Crippen LogP contribution < -0.4 is 0 Å². The highest BCUT2D eigenvalue weighted by Crippen LogP contribution is 2.60. The van der Waals surface area contributed by atoms with Gasteiger partial charge < -0.3 is 14.9 Å². The Labute approximate surface area is 202 Å². The van der Waals surface area contributed by atoms with Crippen molar-refractivity contribution in [1.29, 1.82) is 0 Å². The van der Waals surface area contributed by atoms with Crippen molar-refractivity contribution in [3.63, 3.8) is 0 Å². The highest BCUT2D eigenvalue weighted by molar-refractivity contribution is 5.29. The van der Waals surface area contributed by atoms with E-state index in [0.29, 0.717) is 29.7 Å². The molecule has 186 valence electrons. The Morgan fingerprint density at radius 1 is 1.06 bits per heavy atom. The quantitative estimate of drug-likeness (QED) is 0.410. The Hall–Kier alpha value is -0.900. The van der Waals surface area contributed by atoms with Crippen molar-refractivity contribution in [2.45, 2.75) is 122 Å². The topological polar surface area (TPSA) is 49.7 Å². The highest BCUT2D eigenvalue weighted by atomic mass is 16.5. The average Bonchev–Trinajstić information content (AvgIpc) is 3.40. The molecule has 4 aliphatic carbocycles. The summed E-state index contributed by atoms with van der Waals surface area (Å²) in [6.45, 7) is 8.94. The second kappa shape index (κ2) is 10.4. The van der Waals surface area contributed by atoms with E-state index in [1.807, 2.05) is 7.11 Å². The Kier molecular flexibility index (Phi) is 7.93. The van der Waals surface area contributed by atoms with Gasteiger partial charge in [0.25, 0.3) is 0 Å². The lowest BCUT2D eigenvalue weighted by atomic mass is 9.60. The van der Waals surface area contributed by atoms with Crippen LogP contribution in [0.4, 0.5) is 0 Å². The second-order valence-electron chi connectivity index (χ2n) is 12.1. The summed E-state index contributed by atoms with van der Waals surface area (Å²) < 4.78 is 5.97. The van der Waals surface area contributed by atoms with E-state index < -0.39 is 12.2 Å². The molecule has 4 fully saturated rings. The normalized spacial score (nSPS) is 38.5. The van der Waals surface area contributed by atoms with Gasteiger partial charge in [0.15, 0.2) is 0 Å². The average molecular weight is 457 g/mol. The molecule has 33 heavy (non-hydrogen) atoms. The largest absolute Gasteiger partial charge is 0.388 e. The number of aliphatic hydroxyl groups is 2. The summed E-state index contributed by atoms with van der Waals surface area (Å²) in [6.07, 6.45) is 20.2. The van der Waals surface area contributed by atoms with Crippen molar-refractivity contribution >= 4 is 0 Å². The summed E-state index contributed by atoms with van der Waals surface area (Å²) in [7, 11) is 1.92. The van der Waals surface area contributed by atoms with E-state index in [-0.39, 0.29) is 5.60 Å². The maximum atomic E-state index is 10.2. The molecular formula is C30H48O3. The smallest absolute Gasteiger partial charge is 0.0809 e. The Morgan fingerprint density at radius 2 is 1.76 bits per heavy atom. The lowest BCUT2D eigenvalue weighted by Crippen LogP contribution is -2.36. The second-order valence-corrected chi connectivity index (χ2v) is 12.1. The first kappa shape index (κ1) is 25.2. The van der Waals surface area contributed by atoms with Gasteiger partial charge in [0, 0.05) is 7.11 Å². The van der Waals surface area contributed by atoms with Gasteiger partial charge in [-0.25, -0.2) is 0 Å². The van der Waals surface area contributed by atoms with Crippen LogP contribution in [0, 0.1) is 23.2 Å². The molecule has 0 bridgehead atoms. The van der Waals surface area contributed by atoms with Gasteiger partial charge in [0.2, 0.25) is 0 Å². The summed E-state index contributed by atoms with van der Waals surface area (Å²) in [6, 6.07) is 0. The third-order valence-corrected chi connectivity index (χ3v) is 10.3. The molecule has 0 radical (unpaired) electrons.